The van der Waals surface area contributed by atoms with E-state index >= 15 is 0 Å². The van der Waals surface area contributed by atoms with Gasteiger partial charge in [-0.15, -0.1) is 0 Å². The zero-order valence-electron chi connectivity index (χ0n) is 10.0. The predicted molar refractivity (Wildman–Crippen MR) is 70.4 cm³/mol. The van der Waals surface area contributed by atoms with E-state index in [1.165, 1.54) is 0 Å². The Morgan fingerprint density at radius 3 is 2.33 bits per heavy atom. The van der Waals surface area contributed by atoms with E-state index in [9.17, 15) is 22.4 Å². The summed E-state index contributed by atoms with van der Waals surface area (Å²) in [5.74, 6) is -4.42. The molecule has 0 radical (unpaired) electrons. The number of carbonyl (C=O) groups is 2. The second-order valence-corrected chi connectivity index (χ2v) is 6.25. The van der Waals surface area contributed by atoms with Gasteiger partial charge >= 0.3 is 11.9 Å². The van der Waals surface area contributed by atoms with Crippen molar-refractivity contribution >= 4 is 45.2 Å². The van der Waals surface area contributed by atoms with Gasteiger partial charge in [0.1, 0.15) is 10.9 Å². The van der Waals surface area contributed by atoms with Crippen molar-refractivity contribution < 1.29 is 32.6 Å². The first kappa shape index (κ1) is 17.6. The minimum atomic E-state index is -4.54. The lowest BCUT2D eigenvalue weighted by molar-refractivity contribution is -0.145. The maximum atomic E-state index is 13.5. The lowest BCUT2D eigenvalue weighted by atomic mass is 10.2. The van der Waals surface area contributed by atoms with Gasteiger partial charge < -0.3 is 10.2 Å². The largest absolute Gasteiger partial charge is 0.481 e. The minimum Gasteiger partial charge on any atom is -0.481 e. The Morgan fingerprint density at radius 1 is 1.29 bits per heavy atom. The van der Waals surface area contributed by atoms with Crippen molar-refractivity contribution in [3.8, 4) is 0 Å². The maximum absolute atomic E-state index is 13.5. The molecule has 3 N–H and O–H groups in total. The van der Waals surface area contributed by atoms with Gasteiger partial charge in [-0.1, -0.05) is 23.2 Å². The highest BCUT2D eigenvalue weighted by Gasteiger charge is 2.30. The minimum absolute atomic E-state index is 0.417. The quantitative estimate of drug-likeness (QED) is 0.659. The SMILES string of the molecule is O=C(O)C[C@H](NS(=O)(=O)c1ccc(Cl)c(F)c1Cl)C(=O)O. The van der Waals surface area contributed by atoms with E-state index in [0.717, 1.165) is 12.1 Å². The van der Waals surface area contributed by atoms with Crippen LogP contribution >= 0.6 is 23.2 Å². The third-order valence-electron chi connectivity index (χ3n) is 2.26. The number of halogens is 3. The fourth-order valence-corrected chi connectivity index (χ4v) is 3.25. The normalized spacial score (nSPS) is 12.9. The van der Waals surface area contributed by atoms with Gasteiger partial charge in [-0.25, -0.2) is 12.8 Å². The Morgan fingerprint density at radius 2 is 1.86 bits per heavy atom. The van der Waals surface area contributed by atoms with Crippen LogP contribution in [-0.4, -0.2) is 36.6 Å². The van der Waals surface area contributed by atoms with Crippen LogP contribution < -0.4 is 4.72 Å². The third-order valence-corrected chi connectivity index (χ3v) is 4.55. The number of aliphatic carboxylic acids is 2. The fourth-order valence-electron chi connectivity index (χ4n) is 1.32. The number of hydrogen-bond acceptors (Lipinski definition) is 4. The molecule has 116 valence electrons. The van der Waals surface area contributed by atoms with Crippen molar-refractivity contribution in [3.63, 3.8) is 0 Å². The highest BCUT2D eigenvalue weighted by molar-refractivity contribution is 7.89. The molecule has 0 saturated heterocycles. The summed E-state index contributed by atoms with van der Waals surface area (Å²) in [4.78, 5) is 20.6. The smallest absolute Gasteiger partial charge is 0.322 e. The Hall–Kier alpha value is -1.42. The molecule has 0 fully saturated rings. The molecule has 0 aromatic heterocycles. The molecule has 21 heavy (non-hydrogen) atoms. The van der Waals surface area contributed by atoms with Crippen LogP contribution in [-0.2, 0) is 19.6 Å². The first-order valence-electron chi connectivity index (χ1n) is 5.16. The molecular weight excluding hydrogens is 352 g/mol. The van der Waals surface area contributed by atoms with E-state index in [1.807, 2.05) is 0 Å². The Kier molecular flexibility index (Phi) is 5.51. The number of carboxylic acid groups (broad SMARTS) is 2. The Labute approximate surface area is 128 Å². The van der Waals surface area contributed by atoms with Crippen LogP contribution in [0, 0.1) is 5.82 Å². The molecule has 0 aliphatic heterocycles. The van der Waals surface area contributed by atoms with Crippen LogP contribution in [0.1, 0.15) is 6.42 Å². The number of rotatable bonds is 6. The molecule has 0 heterocycles. The Balaban J connectivity index is 3.20. The lowest BCUT2D eigenvalue weighted by Crippen LogP contribution is -2.42. The zero-order chi connectivity index (χ0) is 16.4. The monoisotopic (exact) mass is 359 g/mol. The average Bonchev–Trinajstić information content (AvgIpc) is 2.33. The molecular formula is C10H8Cl2FNO6S. The maximum Gasteiger partial charge on any atom is 0.322 e. The van der Waals surface area contributed by atoms with Crippen LogP contribution in [0.25, 0.3) is 0 Å². The lowest BCUT2D eigenvalue weighted by Gasteiger charge is -2.14. The molecule has 0 aliphatic rings. The van der Waals surface area contributed by atoms with Crippen molar-refractivity contribution in [1.29, 1.82) is 0 Å². The van der Waals surface area contributed by atoms with E-state index in [1.54, 1.807) is 4.72 Å². The van der Waals surface area contributed by atoms with Crippen molar-refractivity contribution in [2.75, 3.05) is 0 Å². The molecule has 1 rings (SSSR count). The van der Waals surface area contributed by atoms with Crippen molar-refractivity contribution in [3.05, 3.63) is 28.0 Å². The van der Waals surface area contributed by atoms with Gasteiger partial charge in [-0.2, -0.15) is 4.72 Å². The van der Waals surface area contributed by atoms with Crippen molar-refractivity contribution in [1.82, 2.24) is 4.72 Å². The van der Waals surface area contributed by atoms with Gasteiger partial charge in [0.05, 0.1) is 16.5 Å². The summed E-state index contributed by atoms with van der Waals surface area (Å²) in [6.45, 7) is 0. The molecule has 0 amide bonds. The summed E-state index contributed by atoms with van der Waals surface area (Å²) in [7, 11) is -4.54. The molecule has 7 nitrogen and oxygen atoms in total. The molecule has 0 aliphatic carbocycles. The van der Waals surface area contributed by atoms with Gasteiger partial charge in [0.25, 0.3) is 0 Å². The van der Waals surface area contributed by atoms with Crippen LogP contribution in [0.4, 0.5) is 4.39 Å². The van der Waals surface area contributed by atoms with Gasteiger partial charge in [-0.05, 0) is 12.1 Å². The van der Waals surface area contributed by atoms with Gasteiger partial charge in [0.15, 0.2) is 5.82 Å². The second-order valence-electron chi connectivity index (χ2n) is 3.78. The molecule has 0 saturated carbocycles. The summed E-state index contributed by atoms with van der Waals surface area (Å²) in [6.07, 6.45) is -0.998. The molecule has 0 bridgehead atoms. The number of benzene rings is 1. The Bertz CT molecular complexity index is 693. The van der Waals surface area contributed by atoms with Gasteiger partial charge in [0.2, 0.25) is 10.0 Å². The van der Waals surface area contributed by atoms with E-state index < -0.39 is 55.2 Å². The summed E-state index contributed by atoms with van der Waals surface area (Å²) in [5.41, 5.74) is 0. The standard InChI is InChI=1S/C10H8Cl2FNO6S/c11-4-1-2-6(8(12)9(4)13)21(19,20)14-5(10(17)18)3-7(15)16/h1-2,5,14H,3H2,(H,15,16)(H,17,18)/t5-/m0/s1. The van der Waals surface area contributed by atoms with Gasteiger partial charge in [-0.3, -0.25) is 9.59 Å². The molecule has 1 atom stereocenters. The topological polar surface area (TPSA) is 121 Å². The van der Waals surface area contributed by atoms with Crippen LogP contribution in [0.15, 0.2) is 17.0 Å². The zero-order valence-corrected chi connectivity index (χ0v) is 12.3. The number of hydrogen-bond donors (Lipinski definition) is 3. The first-order valence-corrected chi connectivity index (χ1v) is 7.40. The summed E-state index contributed by atoms with van der Waals surface area (Å²) < 4.78 is 39.0. The number of carboxylic acids is 2. The number of sulfonamides is 1. The summed E-state index contributed by atoms with van der Waals surface area (Å²) in [5, 5.41) is 16.1. The first-order chi connectivity index (χ1) is 9.56. The molecule has 11 heteroatoms. The molecule has 1 aromatic rings. The van der Waals surface area contributed by atoms with Crippen molar-refractivity contribution in [2.24, 2.45) is 0 Å². The van der Waals surface area contributed by atoms with Crippen LogP contribution in [0.3, 0.4) is 0 Å². The fraction of sp³-hybridized carbons (Fsp3) is 0.200. The average molecular weight is 360 g/mol. The molecule has 0 spiro atoms. The highest BCUT2D eigenvalue weighted by atomic mass is 35.5. The summed E-state index contributed by atoms with van der Waals surface area (Å²) in [6, 6.07) is -0.137. The van der Waals surface area contributed by atoms with E-state index in [-0.39, 0.29) is 0 Å². The van der Waals surface area contributed by atoms with Gasteiger partial charge in [0, 0.05) is 0 Å². The van der Waals surface area contributed by atoms with E-state index in [2.05, 4.69) is 0 Å². The van der Waals surface area contributed by atoms with Crippen LogP contribution in [0.5, 0.6) is 0 Å². The number of nitrogens with one attached hydrogen (secondary N) is 1. The van der Waals surface area contributed by atoms with Crippen molar-refractivity contribution in [2.45, 2.75) is 17.4 Å². The van der Waals surface area contributed by atoms with E-state index in [4.69, 9.17) is 33.4 Å². The highest BCUT2D eigenvalue weighted by Crippen LogP contribution is 2.29. The second kappa shape index (κ2) is 6.56. The molecule has 0 unspecified atom stereocenters. The molecule has 1 aromatic carbocycles. The predicted octanol–water partition coefficient (Wildman–Crippen LogP) is 1.34. The van der Waals surface area contributed by atoms with Crippen LogP contribution in [0.2, 0.25) is 10.0 Å². The summed E-state index contributed by atoms with van der Waals surface area (Å²) >= 11 is 10.9. The van der Waals surface area contributed by atoms with E-state index in [0.29, 0.717) is 0 Å². The third kappa shape index (κ3) is 4.27.